The monoisotopic (exact) mass is 279 g/mol. The van der Waals surface area contributed by atoms with Gasteiger partial charge < -0.3 is 14.8 Å². The lowest BCUT2D eigenvalue weighted by molar-refractivity contribution is -0.0171. The molecule has 20 heavy (non-hydrogen) atoms. The molecule has 0 spiro atoms. The Morgan fingerprint density at radius 1 is 1.10 bits per heavy atom. The van der Waals surface area contributed by atoms with Crippen molar-refractivity contribution in [2.24, 2.45) is 0 Å². The first kappa shape index (κ1) is 16.5. The molecule has 0 heterocycles. The third-order valence-corrected chi connectivity index (χ3v) is 3.02. The van der Waals surface area contributed by atoms with Crippen LogP contribution in [0, 0.1) is 0 Å². The van der Waals surface area contributed by atoms with Crippen molar-refractivity contribution in [3.63, 3.8) is 0 Å². The van der Waals surface area contributed by atoms with Crippen molar-refractivity contribution in [1.82, 2.24) is 5.32 Å². The van der Waals surface area contributed by atoms with Gasteiger partial charge in [0.2, 0.25) is 0 Å². The molecule has 0 saturated carbocycles. The molecule has 0 aromatic heterocycles. The van der Waals surface area contributed by atoms with Crippen molar-refractivity contribution < 1.29 is 14.3 Å². The standard InChI is InChI=1S/C16H25NO3/c1-15(2,3)20-14(18)17-13(16(4,5)19-6)12-10-8-7-9-11-12/h7-11,13H,1-6H3,(H,17,18)/t13-/m1/s1. The SMILES string of the molecule is COC(C)(C)[C@H](NC(=O)OC(C)(C)C)c1ccccc1. The summed E-state index contributed by atoms with van der Waals surface area (Å²) in [5.74, 6) is 0. The summed E-state index contributed by atoms with van der Waals surface area (Å²) < 4.78 is 10.8. The van der Waals surface area contributed by atoms with Gasteiger partial charge >= 0.3 is 6.09 Å². The Morgan fingerprint density at radius 3 is 2.10 bits per heavy atom. The molecule has 1 aromatic rings. The Kier molecular flexibility index (Phi) is 5.17. The number of carbonyl (C=O) groups is 1. The average Bonchev–Trinajstić information content (AvgIpc) is 2.35. The second-order valence-electron chi connectivity index (χ2n) is 6.30. The van der Waals surface area contributed by atoms with E-state index < -0.39 is 17.3 Å². The van der Waals surface area contributed by atoms with Crippen LogP contribution in [0.4, 0.5) is 4.79 Å². The number of amides is 1. The summed E-state index contributed by atoms with van der Waals surface area (Å²) in [7, 11) is 1.63. The largest absolute Gasteiger partial charge is 0.444 e. The molecule has 4 nitrogen and oxygen atoms in total. The van der Waals surface area contributed by atoms with Crippen LogP contribution in [0.2, 0.25) is 0 Å². The third kappa shape index (κ3) is 4.85. The summed E-state index contributed by atoms with van der Waals surface area (Å²) in [6.07, 6.45) is -0.448. The topological polar surface area (TPSA) is 47.6 Å². The Balaban J connectivity index is 2.93. The van der Waals surface area contributed by atoms with Crippen LogP contribution in [0.15, 0.2) is 30.3 Å². The van der Waals surface area contributed by atoms with Crippen LogP contribution in [-0.2, 0) is 9.47 Å². The van der Waals surface area contributed by atoms with E-state index in [1.807, 2.05) is 65.0 Å². The molecule has 0 aliphatic rings. The molecular weight excluding hydrogens is 254 g/mol. The van der Waals surface area contributed by atoms with Crippen molar-refractivity contribution in [2.45, 2.75) is 51.9 Å². The van der Waals surface area contributed by atoms with Crippen molar-refractivity contribution in [3.05, 3.63) is 35.9 Å². The molecule has 0 saturated heterocycles. The van der Waals surface area contributed by atoms with E-state index in [0.29, 0.717) is 0 Å². The minimum absolute atomic E-state index is 0.288. The van der Waals surface area contributed by atoms with Crippen LogP contribution >= 0.6 is 0 Å². The Morgan fingerprint density at radius 2 is 1.65 bits per heavy atom. The summed E-state index contributed by atoms with van der Waals surface area (Å²) in [6, 6.07) is 9.44. The first-order chi connectivity index (χ1) is 9.15. The lowest BCUT2D eigenvalue weighted by Gasteiger charge is -2.34. The van der Waals surface area contributed by atoms with Crippen LogP contribution in [0.25, 0.3) is 0 Å². The minimum atomic E-state index is -0.543. The highest BCUT2D eigenvalue weighted by Crippen LogP contribution is 2.28. The summed E-state index contributed by atoms with van der Waals surface area (Å²) >= 11 is 0. The van der Waals surface area contributed by atoms with Gasteiger partial charge in [-0.05, 0) is 40.2 Å². The Bertz CT molecular complexity index is 435. The van der Waals surface area contributed by atoms with Crippen LogP contribution < -0.4 is 5.32 Å². The van der Waals surface area contributed by atoms with Gasteiger partial charge in [0.25, 0.3) is 0 Å². The van der Waals surface area contributed by atoms with E-state index in [1.165, 1.54) is 0 Å². The van der Waals surface area contributed by atoms with Crippen molar-refractivity contribution in [2.75, 3.05) is 7.11 Å². The molecule has 0 radical (unpaired) electrons. The van der Waals surface area contributed by atoms with E-state index in [-0.39, 0.29) is 6.04 Å². The molecule has 0 aliphatic carbocycles. The van der Waals surface area contributed by atoms with Gasteiger partial charge in [0.05, 0.1) is 11.6 Å². The van der Waals surface area contributed by atoms with Gasteiger partial charge in [0, 0.05) is 7.11 Å². The maximum atomic E-state index is 12.0. The molecule has 112 valence electrons. The van der Waals surface area contributed by atoms with Gasteiger partial charge in [0.1, 0.15) is 5.60 Å². The second-order valence-corrected chi connectivity index (χ2v) is 6.30. The van der Waals surface area contributed by atoms with E-state index in [2.05, 4.69) is 5.32 Å². The molecule has 1 atom stereocenters. The molecule has 4 heteroatoms. The van der Waals surface area contributed by atoms with Crippen molar-refractivity contribution >= 4 is 6.09 Å². The Labute approximate surface area is 121 Å². The number of carbonyl (C=O) groups excluding carboxylic acids is 1. The zero-order valence-corrected chi connectivity index (χ0v) is 13.2. The second kappa shape index (κ2) is 6.27. The van der Waals surface area contributed by atoms with Gasteiger partial charge in [-0.1, -0.05) is 30.3 Å². The van der Waals surface area contributed by atoms with Crippen molar-refractivity contribution in [1.29, 1.82) is 0 Å². The van der Waals surface area contributed by atoms with E-state index >= 15 is 0 Å². The fourth-order valence-electron chi connectivity index (χ4n) is 1.85. The number of methoxy groups -OCH3 is 1. The van der Waals surface area contributed by atoms with Gasteiger partial charge in [0.15, 0.2) is 0 Å². The quantitative estimate of drug-likeness (QED) is 0.914. The molecule has 0 unspecified atom stereocenters. The van der Waals surface area contributed by atoms with E-state index in [4.69, 9.17) is 9.47 Å². The van der Waals surface area contributed by atoms with Crippen LogP contribution in [0.1, 0.15) is 46.2 Å². The average molecular weight is 279 g/mol. The molecule has 0 aliphatic heterocycles. The summed E-state index contributed by atoms with van der Waals surface area (Å²) in [4.78, 5) is 12.0. The summed E-state index contributed by atoms with van der Waals surface area (Å²) in [5, 5.41) is 2.89. The predicted octanol–water partition coefficient (Wildman–Crippen LogP) is 3.68. The van der Waals surface area contributed by atoms with Crippen molar-refractivity contribution in [3.8, 4) is 0 Å². The Hall–Kier alpha value is -1.55. The molecule has 0 bridgehead atoms. The lowest BCUT2D eigenvalue weighted by atomic mass is 9.92. The molecule has 1 rings (SSSR count). The highest BCUT2D eigenvalue weighted by Gasteiger charge is 2.33. The van der Waals surface area contributed by atoms with Gasteiger partial charge in [-0.15, -0.1) is 0 Å². The predicted molar refractivity (Wildman–Crippen MR) is 79.6 cm³/mol. The molecule has 1 N–H and O–H groups in total. The number of benzene rings is 1. The normalized spacial score (nSPS) is 13.7. The molecule has 1 aromatic carbocycles. The highest BCUT2D eigenvalue weighted by molar-refractivity contribution is 5.68. The number of ether oxygens (including phenoxy) is 2. The number of rotatable bonds is 4. The fraction of sp³-hybridized carbons (Fsp3) is 0.562. The lowest BCUT2D eigenvalue weighted by Crippen LogP contribution is -2.45. The highest BCUT2D eigenvalue weighted by atomic mass is 16.6. The molecular formula is C16H25NO3. The van der Waals surface area contributed by atoms with E-state index in [9.17, 15) is 4.79 Å². The molecule has 0 fully saturated rings. The fourth-order valence-corrected chi connectivity index (χ4v) is 1.85. The number of nitrogens with one attached hydrogen (secondary N) is 1. The van der Waals surface area contributed by atoms with E-state index in [0.717, 1.165) is 5.56 Å². The zero-order chi connectivity index (χ0) is 15.4. The number of hydrogen-bond donors (Lipinski definition) is 1. The first-order valence-corrected chi connectivity index (χ1v) is 6.75. The molecule has 1 amide bonds. The van der Waals surface area contributed by atoms with Crippen LogP contribution in [0.5, 0.6) is 0 Å². The zero-order valence-electron chi connectivity index (χ0n) is 13.2. The van der Waals surface area contributed by atoms with Crippen LogP contribution in [0.3, 0.4) is 0 Å². The van der Waals surface area contributed by atoms with Gasteiger partial charge in [-0.25, -0.2) is 4.79 Å². The first-order valence-electron chi connectivity index (χ1n) is 6.75. The summed E-state index contributed by atoms with van der Waals surface area (Å²) in [6.45, 7) is 9.38. The smallest absolute Gasteiger partial charge is 0.408 e. The van der Waals surface area contributed by atoms with Gasteiger partial charge in [-0.2, -0.15) is 0 Å². The summed E-state index contributed by atoms with van der Waals surface area (Å²) in [5.41, 5.74) is -0.0916. The van der Waals surface area contributed by atoms with Gasteiger partial charge in [-0.3, -0.25) is 0 Å². The maximum Gasteiger partial charge on any atom is 0.408 e. The minimum Gasteiger partial charge on any atom is -0.444 e. The maximum absolute atomic E-state index is 12.0. The van der Waals surface area contributed by atoms with Crippen LogP contribution in [-0.4, -0.2) is 24.4 Å². The number of hydrogen-bond acceptors (Lipinski definition) is 3. The van der Waals surface area contributed by atoms with E-state index in [1.54, 1.807) is 7.11 Å². The number of alkyl carbamates (subject to hydrolysis) is 1. The third-order valence-electron chi connectivity index (χ3n) is 3.02.